The minimum Gasteiger partial charge on any atom is -0.490 e. The van der Waals surface area contributed by atoms with Crippen LogP contribution in [0.25, 0.3) is 0 Å². The Morgan fingerprint density at radius 3 is 2.79 bits per heavy atom. The van der Waals surface area contributed by atoms with Crippen molar-refractivity contribution in [1.82, 2.24) is 14.7 Å². The minimum atomic E-state index is -0.575. The van der Waals surface area contributed by atoms with Crippen LogP contribution in [-0.2, 0) is 11.3 Å². The van der Waals surface area contributed by atoms with E-state index in [-0.39, 0.29) is 28.5 Å². The number of halogens is 2. The third-order valence-corrected chi connectivity index (χ3v) is 5.71. The molecule has 28 heavy (non-hydrogen) atoms. The maximum absolute atomic E-state index is 12.9. The van der Waals surface area contributed by atoms with Gasteiger partial charge in [-0.1, -0.05) is 29.3 Å². The molecule has 1 aromatic heterocycles. The van der Waals surface area contributed by atoms with Crippen LogP contribution in [0, 0.1) is 0 Å². The van der Waals surface area contributed by atoms with E-state index in [1.807, 2.05) is 18.2 Å². The van der Waals surface area contributed by atoms with Gasteiger partial charge in [-0.2, -0.15) is 5.10 Å². The van der Waals surface area contributed by atoms with E-state index >= 15 is 0 Å². The molecule has 2 aliphatic heterocycles. The largest absolute Gasteiger partial charge is 0.490 e. The van der Waals surface area contributed by atoms with Crippen molar-refractivity contribution in [3.8, 4) is 11.5 Å². The first kappa shape index (κ1) is 19.1. The van der Waals surface area contributed by atoms with Crippen LogP contribution in [0.1, 0.15) is 30.9 Å². The molecule has 1 atom stereocenters. The van der Waals surface area contributed by atoms with E-state index in [4.69, 9.17) is 32.7 Å². The summed E-state index contributed by atoms with van der Waals surface area (Å²) in [6, 6.07) is 5.72. The van der Waals surface area contributed by atoms with Gasteiger partial charge in [0, 0.05) is 13.0 Å². The van der Waals surface area contributed by atoms with Gasteiger partial charge in [-0.25, -0.2) is 4.68 Å². The number of fused-ring (bicyclic) bond motifs is 1. The maximum atomic E-state index is 12.9. The van der Waals surface area contributed by atoms with Crippen LogP contribution in [-0.4, -0.2) is 40.3 Å². The predicted molar refractivity (Wildman–Crippen MR) is 104 cm³/mol. The zero-order valence-electron chi connectivity index (χ0n) is 15.1. The summed E-state index contributed by atoms with van der Waals surface area (Å²) in [7, 11) is 0. The summed E-state index contributed by atoms with van der Waals surface area (Å²) >= 11 is 11.7. The van der Waals surface area contributed by atoms with E-state index in [0.717, 1.165) is 35.3 Å². The van der Waals surface area contributed by atoms with Crippen LogP contribution in [0.4, 0.5) is 0 Å². The first-order chi connectivity index (χ1) is 13.5. The van der Waals surface area contributed by atoms with Gasteiger partial charge < -0.3 is 14.4 Å². The van der Waals surface area contributed by atoms with Gasteiger partial charge in [-0.3, -0.25) is 9.59 Å². The number of benzene rings is 1. The molecule has 3 heterocycles. The van der Waals surface area contributed by atoms with Gasteiger partial charge >= 0.3 is 0 Å². The molecule has 2 aromatic rings. The molecule has 0 spiro atoms. The Hall–Kier alpha value is -2.25. The molecule has 0 unspecified atom stereocenters. The fourth-order valence-electron chi connectivity index (χ4n) is 3.58. The molecule has 9 heteroatoms. The standard InChI is InChI=1S/C19H19Cl2N3O4/c20-13-10-22-24(19(26)18(13)21)11-17(25)23-6-1-3-14(23)12-4-5-15-16(9-12)28-8-2-7-27-15/h4-5,9-10,14H,1-3,6-8,11H2/t14-/m0/s1. The monoisotopic (exact) mass is 423 g/mol. The molecular weight excluding hydrogens is 405 g/mol. The van der Waals surface area contributed by atoms with E-state index < -0.39 is 5.56 Å². The molecule has 2 aliphatic rings. The number of carbonyl (C=O) groups excluding carboxylic acids is 1. The molecule has 0 radical (unpaired) electrons. The molecule has 148 valence electrons. The quantitative estimate of drug-likeness (QED) is 0.757. The fraction of sp³-hybridized carbons (Fsp3) is 0.421. The molecule has 0 aliphatic carbocycles. The lowest BCUT2D eigenvalue weighted by atomic mass is 10.0. The van der Waals surface area contributed by atoms with Crippen LogP contribution < -0.4 is 15.0 Å². The van der Waals surface area contributed by atoms with Crippen LogP contribution in [0.15, 0.2) is 29.2 Å². The zero-order valence-corrected chi connectivity index (χ0v) is 16.6. The highest BCUT2D eigenvalue weighted by atomic mass is 35.5. The average Bonchev–Trinajstić information content (AvgIpc) is 3.07. The number of ether oxygens (including phenoxy) is 2. The molecule has 1 aromatic carbocycles. The highest BCUT2D eigenvalue weighted by molar-refractivity contribution is 6.41. The first-order valence-electron chi connectivity index (χ1n) is 9.15. The van der Waals surface area contributed by atoms with Crippen molar-refractivity contribution in [2.24, 2.45) is 0 Å². The molecule has 7 nitrogen and oxygen atoms in total. The second-order valence-electron chi connectivity index (χ2n) is 6.77. The van der Waals surface area contributed by atoms with Crippen LogP contribution >= 0.6 is 23.2 Å². The van der Waals surface area contributed by atoms with Crippen molar-refractivity contribution in [2.75, 3.05) is 19.8 Å². The van der Waals surface area contributed by atoms with Crippen LogP contribution in [0.2, 0.25) is 10.0 Å². The predicted octanol–water partition coefficient (Wildman–Crippen LogP) is 3.08. The first-order valence-corrected chi connectivity index (χ1v) is 9.90. The van der Waals surface area contributed by atoms with Gasteiger partial charge in [0.25, 0.3) is 5.56 Å². The molecule has 1 saturated heterocycles. The molecule has 0 N–H and O–H groups in total. The lowest BCUT2D eigenvalue weighted by molar-refractivity contribution is -0.133. The number of hydrogen-bond donors (Lipinski definition) is 0. The summed E-state index contributed by atoms with van der Waals surface area (Å²) < 4.78 is 12.5. The number of hydrogen-bond acceptors (Lipinski definition) is 5. The van der Waals surface area contributed by atoms with Crippen molar-refractivity contribution in [2.45, 2.75) is 31.8 Å². The van der Waals surface area contributed by atoms with Crippen molar-refractivity contribution in [1.29, 1.82) is 0 Å². The Balaban J connectivity index is 1.55. The number of likely N-dealkylation sites (tertiary alicyclic amines) is 1. The summed E-state index contributed by atoms with van der Waals surface area (Å²) in [6.45, 7) is 1.67. The Morgan fingerprint density at radius 2 is 1.96 bits per heavy atom. The fourth-order valence-corrected chi connectivity index (χ4v) is 3.85. The normalized spacial score (nSPS) is 18.8. The van der Waals surface area contributed by atoms with Gasteiger partial charge in [-0.05, 0) is 30.5 Å². The van der Waals surface area contributed by atoms with E-state index in [9.17, 15) is 9.59 Å². The Morgan fingerprint density at radius 1 is 1.18 bits per heavy atom. The van der Waals surface area contributed by atoms with Crippen molar-refractivity contribution in [3.05, 3.63) is 50.4 Å². The molecule has 1 amide bonds. The SMILES string of the molecule is O=C(Cn1ncc(Cl)c(Cl)c1=O)N1CCC[C@H]1c1ccc2c(c1)OCCCO2. The lowest BCUT2D eigenvalue weighted by Gasteiger charge is -2.26. The average molecular weight is 424 g/mol. The van der Waals surface area contributed by atoms with E-state index in [1.165, 1.54) is 6.20 Å². The zero-order chi connectivity index (χ0) is 19.7. The number of nitrogens with zero attached hydrogens (tertiary/aromatic N) is 3. The molecule has 0 saturated carbocycles. The molecule has 1 fully saturated rings. The third kappa shape index (κ3) is 3.69. The smallest absolute Gasteiger partial charge is 0.287 e. The van der Waals surface area contributed by atoms with Crippen LogP contribution in [0.5, 0.6) is 11.5 Å². The van der Waals surface area contributed by atoms with E-state index in [2.05, 4.69) is 5.10 Å². The van der Waals surface area contributed by atoms with E-state index in [1.54, 1.807) is 4.90 Å². The Bertz CT molecular complexity index is 963. The highest BCUT2D eigenvalue weighted by Gasteiger charge is 2.31. The number of amides is 1. The number of rotatable bonds is 3. The minimum absolute atomic E-state index is 0.0709. The summed E-state index contributed by atoms with van der Waals surface area (Å²) in [5.74, 6) is 1.24. The highest BCUT2D eigenvalue weighted by Crippen LogP contribution is 2.38. The van der Waals surface area contributed by atoms with Gasteiger partial charge in [-0.15, -0.1) is 0 Å². The van der Waals surface area contributed by atoms with Gasteiger partial charge in [0.2, 0.25) is 5.91 Å². The van der Waals surface area contributed by atoms with Crippen molar-refractivity contribution < 1.29 is 14.3 Å². The Labute approximate surface area is 171 Å². The maximum Gasteiger partial charge on any atom is 0.287 e. The molecule has 4 rings (SSSR count). The van der Waals surface area contributed by atoms with Gasteiger partial charge in [0.15, 0.2) is 11.5 Å². The summed E-state index contributed by atoms with van der Waals surface area (Å²) in [5, 5.41) is 3.86. The topological polar surface area (TPSA) is 73.7 Å². The van der Waals surface area contributed by atoms with Crippen molar-refractivity contribution >= 4 is 29.1 Å². The van der Waals surface area contributed by atoms with Gasteiger partial charge in [0.1, 0.15) is 11.6 Å². The summed E-state index contributed by atoms with van der Waals surface area (Å²) in [6.07, 6.45) is 3.83. The molecule has 0 bridgehead atoms. The summed E-state index contributed by atoms with van der Waals surface area (Å²) in [4.78, 5) is 26.8. The molecular formula is C19H19Cl2N3O4. The Kier molecular flexibility index (Phi) is 5.46. The van der Waals surface area contributed by atoms with Crippen LogP contribution in [0.3, 0.4) is 0 Å². The summed E-state index contributed by atoms with van der Waals surface area (Å²) in [5.41, 5.74) is 0.415. The second-order valence-corrected chi connectivity index (χ2v) is 7.56. The second kappa shape index (κ2) is 8.01. The lowest BCUT2D eigenvalue weighted by Crippen LogP contribution is -2.37. The van der Waals surface area contributed by atoms with Crippen molar-refractivity contribution in [3.63, 3.8) is 0 Å². The number of carbonyl (C=O) groups is 1. The van der Waals surface area contributed by atoms with Gasteiger partial charge in [0.05, 0.1) is 30.5 Å². The third-order valence-electron chi connectivity index (χ3n) is 4.96. The number of aromatic nitrogens is 2. The van der Waals surface area contributed by atoms with E-state index in [0.29, 0.717) is 25.5 Å².